The van der Waals surface area contributed by atoms with Crippen molar-refractivity contribution in [1.82, 2.24) is 14.5 Å². The molecule has 3 rings (SSSR count). The van der Waals surface area contributed by atoms with Gasteiger partial charge in [0.15, 0.2) is 0 Å². The Morgan fingerprint density at radius 1 is 1.17 bits per heavy atom. The van der Waals surface area contributed by atoms with Crippen LogP contribution in [-0.4, -0.2) is 19.5 Å². The predicted octanol–water partition coefficient (Wildman–Crippen LogP) is 2.34. The first-order valence-corrected chi connectivity index (χ1v) is 7.10. The summed E-state index contributed by atoms with van der Waals surface area (Å²) in [5.74, 6) is 0.497. The van der Waals surface area contributed by atoms with Gasteiger partial charge >= 0.3 is 5.69 Å². The molecule has 0 unspecified atom stereocenters. The average Bonchev–Trinajstić information content (AvgIpc) is 2.58. The summed E-state index contributed by atoms with van der Waals surface area (Å²) in [5, 5.41) is 13.7. The van der Waals surface area contributed by atoms with Crippen LogP contribution in [0.15, 0.2) is 65.8 Å². The Balaban J connectivity index is 1.77. The molecule has 0 fully saturated rings. The summed E-state index contributed by atoms with van der Waals surface area (Å²) in [6.45, 7) is 0.399. The number of pyridine rings is 1. The predicted molar refractivity (Wildman–Crippen MR) is 88.2 cm³/mol. The number of nitrogens with one attached hydrogen (secondary N) is 1. The lowest BCUT2D eigenvalue weighted by Crippen LogP contribution is -2.21. The van der Waals surface area contributed by atoms with E-state index in [2.05, 4.69) is 15.3 Å². The molecule has 2 aromatic heterocycles. The van der Waals surface area contributed by atoms with E-state index in [9.17, 15) is 14.9 Å². The second-order valence-electron chi connectivity index (χ2n) is 5.01. The highest BCUT2D eigenvalue weighted by molar-refractivity contribution is 5.57. The Hall–Kier alpha value is -3.55. The van der Waals surface area contributed by atoms with Gasteiger partial charge in [-0.25, -0.2) is 14.8 Å². The number of anilines is 2. The first kappa shape index (κ1) is 15.3. The van der Waals surface area contributed by atoms with Crippen LogP contribution in [0.4, 0.5) is 17.2 Å². The molecule has 1 aromatic carbocycles. The van der Waals surface area contributed by atoms with Gasteiger partial charge < -0.3 is 5.32 Å². The summed E-state index contributed by atoms with van der Waals surface area (Å²) >= 11 is 0. The molecule has 8 heteroatoms. The second-order valence-corrected chi connectivity index (χ2v) is 5.01. The number of nitro groups is 1. The van der Waals surface area contributed by atoms with Crippen molar-refractivity contribution in [2.45, 2.75) is 6.54 Å². The molecule has 2 heterocycles. The van der Waals surface area contributed by atoms with Gasteiger partial charge in [0.25, 0.3) is 5.69 Å². The van der Waals surface area contributed by atoms with Crippen LogP contribution in [0.3, 0.4) is 0 Å². The smallest absolute Gasteiger partial charge is 0.340 e. The molecule has 0 saturated carbocycles. The number of benzene rings is 1. The van der Waals surface area contributed by atoms with E-state index in [-0.39, 0.29) is 11.4 Å². The molecular weight excluding hydrogens is 310 g/mol. The summed E-state index contributed by atoms with van der Waals surface area (Å²) in [6, 6.07) is 12.1. The minimum Gasteiger partial charge on any atom is -0.340 e. The van der Waals surface area contributed by atoms with E-state index < -0.39 is 4.92 Å². The summed E-state index contributed by atoms with van der Waals surface area (Å²) < 4.78 is 1.50. The third kappa shape index (κ3) is 3.61. The zero-order valence-electron chi connectivity index (χ0n) is 12.5. The van der Waals surface area contributed by atoms with Gasteiger partial charge in [-0.1, -0.05) is 12.1 Å². The summed E-state index contributed by atoms with van der Waals surface area (Å²) in [7, 11) is 0. The van der Waals surface area contributed by atoms with Crippen molar-refractivity contribution in [2.24, 2.45) is 0 Å². The molecule has 8 nitrogen and oxygen atoms in total. The van der Waals surface area contributed by atoms with Gasteiger partial charge in [-0.2, -0.15) is 0 Å². The molecule has 0 aliphatic heterocycles. The summed E-state index contributed by atoms with van der Waals surface area (Å²) in [5.41, 5.74) is 1.31. The summed E-state index contributed by atoms with van der Waals surface area (Å²) in [6.07, 6.45) is 4.33. The van der Waals surface area contributed by atoms with Crippen LogP contribution in [0.1, 0.15) is 5.56 Å². The maximum absolute atomic E-state index is 11.7. The zero-order valence-corrected chi connectivity index (χ0v) is 12.5. The molecule has 1 N–H and O–H groups in total. The fourth-order valence-corrected chi connectivity index (χ4v) is 2.17. The number of rotatable bonds is 5. The minimum atomic E-state index is -0.497. The molecule has 0 aliphatic carbocycles. The lowest BCUT2D eigenvalue weighted by molar-refractivity contribution is -0.385. The standard InChI is InChI=1S/C16H13N5O3/c22-16-17-7-2-8-20(16)11-12-3-1-4-13(9-12)19-15-6-5-14(10-18-15)21(23)24/h1-10H,11H2,(H,18,19). The average molecular weight is 323 g/mol. The van der Waals surface area contributed by atoms with Crippen molar-refractivity contribution < 1.29 is 4.92 Å². The number of hydrogen-bond acceptors (Lipinski definition) is 6. The van der Waals surface area contributed by atoms with Crippen LogP contribution in [0.5, 0.6) is 0 Å². The van der Waals surface area contributed by atoms with E-state index in [0.717, 1.165) is 11.3 Å². The highest BCUT2D eigenvalue weighted by atomic mass is 16.6. The largest absolute Gasteiger partial charge is 0.347 e. The van der Waals surface area contributed by atoms with E-state index in [1.165, 1.54) is 29.1 Å². The fraction of sp³-hybridized carbons (Fsp3) is 0.0625. The van der Waals surface area contributed by atoms with Crippen LogP contribution >= 0.6 is 0 Å². The topological polar surface area (TPSA) is 103 Å². The van der Waals surface area contributed by atoms with Crippen LogP contribution in [0, 0.1) is 10.1 Å². The second kappa shape index (κ2) is 6.69. The van der Waals surface area contributed by atoms with Crippen molar-refractivity contribution in [1.29, 1.82) is 0 Å². The number of nitrogens with zero attached hydrogens (tertiary/aromatic N) is 4. The summed E-state index contributed by atoms with van der Waals surface area (Å²) in [4.78, 5) is 29.5. The first-order valence-electron chi connectivity index (χ1n) is 7.10. The van der Waals surface area contributed by atoms with Gasteiger partial charge in [-0.05, 0) is 29.8 Å². The first-order chi connectivity index (χ1) is 11.6. The molecule has 0 aliphatic rings. The normalized spacial score (nSPS) is 10.3. The van der Waals surface area contributed by atoms with Gasteiger partial charge in [0.2, 0.25) is 0 Å². The van der Waals surface area contributed by atoms with Crippen molar-refractivity contribution in [3.63, 3.8) is 0 Å². The van der Waals surface area contributed by atoms with Crippen LogP contribution in [-0.2, 0) is 6.54 Å². The quantitative estimate of drug-likeness (QED) is 0.571. The molecule has 0 radical (unpaired) electrons. The molecule has 3 aromatic rings. The van der Waals surface area contributed by atoms with Crippen LogP contribution < -0.4 is 11.0 Å². The number of hydrogen-bond donors (Lipinski definition) is 1. The molecular formula is C16H13N5O3. The molecule has 120 valence electrons. The van der Waals surface area contributed by atoms with E-state index >= 15 is 0 Å². The Morgan fingerprint density at radius 3 is 2.75 bits per heavy atom. The Kier molecular flexibility index (Phi) is 4.28. The van der Waals surface area contributed by atoms with E-state index in [4.69, 9.17) is 0 Å². The van der Waals surface area contributed by atoms with Crippen molar-refractivity contribution in [3.8, 4) is 0 Å². The van der Waals surface area contributed by atoms with Crippen molar-refractivity contribution in [2.75, 3.05) is 5.32 Å². The maximum atomic E-state index is 11.7. The van der Waals surface area contributed by atoms with Gasteiger partial charge in [0.1, 0.15) is 12.0 Å². The fourth-order valence-electron chi connectivity index (χ4n) is 2.17. The van der Waals surface area contributed by atoms with E-state index in [0.29, 0.717) is 12.4 Å². The lowest BCUT2D eigenvalue weighted by Gasteiger charge is -2.09. The van der Waals surface area contributed by atoms with Crippen LogP contribution in [0.2, 0.25) is 0 Å². The van der Waals surface area contributed by atoms with Gasteiger partial charge in [0, 0.05) is 24.1 Å². The number of aromatic nitrogens is 3. The SMILES string of the molecule is O=c1ncccn1Cc1cccc(Nc2ccc([N+](=O)[O-])cn2)c1. The van der Waals surface area contributed by atoms with Gasteiger partial charge in [-0.15, -0.1) is 0 Å². The van der Waals surface area contributed by atoms with E-state index in [1.807, 2.05) is 24.3 Å². The molecule has 24 heavy (non-hydrogen) atoms. The molecule has 0 bridgehead atoms. The van der Waals surface area contributed by atoms with Gasteiger partial charge in [-0.3, -0.25) is 14.7 Å². The Labute approximate surface area is 136 Å². The van der Waals surface area contributed by atoms with Crippen LogP contribution in [0.25, 0.3) is 0 Å². The third-order valence-corrected chi connectivity index (χ3v) is 3.29. The minimum absolute atomic E-state index is 0.0646. The monoisotopic (exact) mass is 323 g/mol. The lowest BCUT2D eigenvalue weighted by atomic mass is 10.2. The zero-order chi connectivity index (χ0) is 16.9. The third-order valence-electron chi connectivity index (χ3n) is 3.29. The molecule has 0 saturated heterocycles. The van der Waals surface area contributed by atoms with Crippen molar-refractivity contribution >= 4 is 17.2 Å². The van der Waals surface area contributed by atoms with Crippen molar-refractivity contribution in [3.05, 3.63) is 87.2 Å². The van der Waals surface area contributed by atoms with E-state index in [1.54, 1.807) is 12.3 Å². The Morgan fingerprint density at radius 2 is 2.04 bits per heavy atom. The maximum Gasteiger partial charge on any atom is 0.347 e. The molecule has 0 spiro atoms. The molecule has 0 amide bonds. The highest BCUT2D eigenvalue weighted by Gasteiger charge is 2.06. The Bertz CT molecular complexity index is 921. The van der Waals surface area contributed by atoms with Gasteiger partial charge in [0.05, 0.1) is 11.5 Å². The molecule has 0 atom stereocenters. The highest BCUT2D eigenvalue weighted by Crippen LogP contribution is 2.18.